The first kappa shape index (κ1) is 11.9. The summed E-state index contributed by atoms with van der Waals surface area (Å²) in [6, 6.07) is 0. The maximum atomic E-state index is 10.7. The average Bonchev–Trinajstić information content (AvgIpc) is 2.03. The van der Waals surface area contributed by atoms with Crippen molar-refractivity contribution in [1.29, 1.82) is 0 Å². The summed E-state index contributed by atoms with van der Waals surface area (Å²) in [4.78, 5) is 20.8. The molecule has 0 saturated carbocycles. The van der Waals surface area contributed by atoms with Crippen LogP contribution in [0, 0.1) is 0 Å². The predicted molar refractivity (Wildman–Crippen MR) is 40.6 cm³/mol. The number of carboxylic acids is 1. The van der Waals surface area contributed by atoms with Gasteiger partial charge in [-0.3, -0.25) is 4.79 Å². The first-order valence-electron chi connectivity index (χ1n) is 3.75. The Morgan fingerprint density at radius 1 is 1.38 bits per heavy atom. The zero-order chi connectivity index (χ0) is 10.4. The van der Waals surface area contributed by atoms with Crippen molar-refractivity contribution in [2.24, 2.45) is 0 Å². The molecule has 0 saturated heterocycles. The Morgan fingerprint density at radius 2 is 1.92 bits per heavy atom. The molecule has 13 heavy (non-hydrogen) atoms. The van der Waals surface area contributed by atoms with Crippen LogP contribution in [0.25, 0.3) is 0 Å². The van der Waals surface area contributed by atoms with Crippen LogP contribution in [0.5, 0.6) is 0 Å². The number of hydrogen-bond donors (Lipinski definition) is 3. The Morgan fingerprint density at radius 3 is 2.31 bits per heavy atom. The lowest BCUT2D eigenvalue weighted by molar-refractivity contribution is -0.173. The van der Waals surface area contributed by atoms with Crippen LogP contribution in [-0.4, -0.2) is 39.7 Å². The molecule has 0 aliphatic carbocycles. The number of ether oxygens (including phenoxy) is 1. The number of esters is 1. The van der Waals surface area contributed by atoms with Crippen molar-refractivity contribution in [2.45, 2.75) is 32.2 Å². The number of rotatable bonds is 5. The fourth-order valence-electron chi connectivity index (χ4n) is 0.528. The molecule has 0 rings (SSSR count). The van der Waals surface area contributed by atoms with Gasteiger partial charge in [-0.1, -0.05) is 6.92 Å². The Bertz CT molecular complexity index is 189. The molecule has 0 aliphatic rings. The summed E-state index contributed by atoms with van der Waals surface area (Å²) in [6.07, 6.45) is -3.47. The smallest absolute Gasteiger partial charge is 0.333 e. The van der Waals surface area contributed by atoms with Crippen LogP contribution >= 0.6 is 0 Å². The van der Waals surface area contributed by atoms with Gasteiger partial charge < -0.3 is 20.1 Å². The molecule has 0 aromatic rings. The summed E-state index contributed by atoms with van der Waals surface area (Å²) in [5.41, 5.74) is 0. The van der Waals surface area contributed by atoms with E-state index in [1.165, 1.54) is 0 Å². The lowest BCUT2D eigenvalue weighted by atomic mass is 10.2. The Labute approximate surface area is 74.7 Å². The van der Waals surface area contributed by atoms with E-state index in [0.29, 0.717) is 0 Å². The van der Waals surface area contributed by atoms with E-state index in [9.17, 15) is 9.59 Å². The molecule has 6 heteroatoms. The quantitative estimate of drug-likeness (QED) is 0.385. The van der Waals surface area contributed by atoms with Crippen LogP contribution in [0.4, 0.5) is 0 Å². The van der Waals surface area contributed by atoms with Crippen molar-refractivity contribution < 1.29 is 29.6 Å². The second-order valence-corrected chi connectivity index (χ2v) is 2.41. The molecular formula is C7H12O6. The SMILES string of the molecule is CCC(O)OC(=O)CC(O)C(=O)O. The van der Waals surface area contributed by atoms with E-state index < -0.39 is 30.8 Å². The second kappa shape index (κ2) is 5.50. The van der Waals surface area contributed by atoms with Gasteiger partial charge in [-0.05, 0) is 0 Å². The summed E-state index contributed by atoms with van der Waals surface area (Å²) < 4.78 is 4.31. The van der Waals surface area contributed by atoms with Gasteiger partial charge in [0.15, 0.2) is 12.4 Å². The molecule has 2 unspecified atom stereocenters. The van der Waals surface area contributed by atoms with E-state index in [2.05, 4.69) is 4.74 Å². The third-order valence-corrected chi connectivity index (χ3v) is 1.26. The number of aliphatic hydroxyl groups is 2. The molecule has 0 spiro atoms. The standard InChI is InChI=1S/C7H12O6/c1-2-5(9)13-6(10)3-4(8)7(11)12/h4-5,8-9H,2-3H2,1H3,(H,11,12). The maximum absolute atomic E-state index is 10.7. The van der Waals surface area contributed by atoms with Gasteiger partial charge in [0.05, 0.1) is 6.42 Å². The first-order valence-corrected chi connectivity index (χ1v) is 3.75. The van der Waals surface area contributed by atoms with Crippen LogP contribution in [0.15, 0.2) is 0 Å². The van der Waals surface area contributed by atoms with Crippen molar-refractivity contribution >= 4 is 11.9 Å². The molecule has 76 valence electrons. The van der Waals surface area contributed by atoms with Crippen molar-refractivity contribution in [1.82, 2.24) is 0 Å². The highest BCUT2D eigenvalue weighted by molar-refractivity contribution is 5.80. The van der Waals surface area contributed by atoms with Gasteiger partial charge in [-0.2, -0.15) is 0 Å². The van der Waals surface area contributed by atoms with Gasteiger partial charge in [0.1, 0.15) is 0 Å². The minimum atomic E-state index is -1.78. The summed E-state index contributed by atoms with van der Waals surface area (Å²) in [5.74, 6) is -2.44. The minimum Gasteiger partial charge on any atom is -0.479 e. The highest BCUT2D eigenvalue weighted by Gasteiger charge is 2.20. The second-order valence-electron chi connectivity index (χ2n) is 2.41. The molecule has 0 aromatic heterocycles. The molecule has 3 N–H and O–H groups in total. The number of carbonyl (C=O) groups excluding carboxylic acids is 1. The largest absolute Gasteiger partial charge is 0.479 e. The molecular weight excluding hydrogens is 180 g/mol. The maximum Gasteiger partial charge on any atom is 0.333 e. The topological polar surface area (TPSA) is 104 Å². The average molecular weight is 192 g/mol. The first-order chi connectivity index (χ1) is 5.97. The zero-order valence-corrected chi connectivity index (χ0v) is 7.14. The van der Waals surface area contributed by atoms with Crippen LogP contribution in [0.1, 0.15) is 19.8 Å². The monoisotopic (exact) mass is 192 g/mol. The highest BCUT2D eigenvalue weighted by Crippen LogP contribution is 1.99. The fraction of sp³-hybridized carbons (Fsp3) is 0.714. The van der Waals surface area contributed by atoms with E-state index in [-0.39, 0.29) is 6.42 Å². The number of aliphatic carboxylic acids is 1. The third kappa shape index (κ3) is 5.15. The molecule has 0 fully saturated rings. The summed E-state index contributed by atoms with van der Waals surface area (Å²) >= 11 is 0. The molecule has 0 radical (unpaired) electrons. The molecule has 6 nitrogen and oxygen atoms in total. The zero-order valence-electron chi connectivity index (χ0n) is 7.14. The van der Waals surface area contributed by atoms with Gasteiger partial charge in [0.2, 0.25) is 0 Å². The highest BCUT2D eigenvalue weighted by atomic mass is 16.6. The third-order valence-electron chi connectivity index (χ3n) is 1.26. The Kier molecular flexibility index (Phi) is 5.01. The van der Waals surface area contributed by atoms with Crippen molar-refractivity contribution in [3.63, 3.8) is 0 Å². The molecule has 0 bridgehead atoms. The molecule has 0 aliphatic heterocycles. The Hall–Kier alpha value is -1.14. The number of carboxylic acid groups (broad SMARTS) is 1. The van der Waals surface area contributed by atoms with E-state index in [0.717, 1.165) is 0 Å². The summed E-state index contributed by atoms with van der Waals surface area (Å²) in [7, 11) is 0. The number of aliphatic hydroxyl groups excluding tert-OH is 2. The normalized spacial score (nSPS) is 14.7. The van der Waals surface area contributed by atoms with Crippen molar-refractivity contribution in [3.8, 4) is 0 Å². The lowest BCUT2D eigenvalue weighted by Gasteiger charge is -2.10. The van der Waals surface area contributed by atoms with Crippen LogP contribution < -0.4 is 0 Å². The molecule has 2 atom stereocenters. The van der Waals surface area contributed by atoms with E-state index in [1.807, 2.05) is 0 Å². The van der Waals surface area contributed by atoms with Crippen LogP contribution in [-0.2, 0) is 14.3 Å². The number of carbonyl (C=O) groups is 2. The van der Waals surface area contributed by atoms with Crippen LogP contribution in [0.2, 0.25) is 0 Å². The summed E-state index contributed by atoms with van der Waals surface area (Å²) in [5, 5.41) is 25.7. The molecule has 0 amide bonds. The Balaban J connectivity index is 3.81. The van der Waals surface area contributed by atoms with Gasteiger partial charge in [0, 0.05) is 6.42 Å². The lowest BCUT2D eigenvalue weighted by Crippen LogP contribution is -2.26. The number of hydrogen-bond acceptors (Lipinski definition) is 5. The predicted octanol–water partition coefficient (Wildman–Crippen LogP) is -0.906. The van der Waals surface area contributed by atoms with Crippen LogP contribution in [0.3, 0.4) is 0 Å². The van der Waals surface area contributed by atoms with E-state index >= 15 is 0 Å². The van der Waals surface area contributed by atoms with Gasteiger partial charge in [-0.15, -0.1) is 0 Å². The minimum absolute atomic E-state index is 0.217. The molecule has 0 aromatic carbocycles. The van der Waals surface area contributed by atoms with Gasteiger partial charge in [0.25, 0.3) is 0 Å². The van der Waals surface area contributed by atoms with E-state index in [1.54, 1.807) is 6.92 Å². The van der Waals surface area contributed by atoms with E-state index in [4.69, 9.17) is 15.3 Å². The molecule has 0 heterocycles. The summed E-state index contributed by atoms with van der Waals surface area (Å²) in [6.45, 7) is 1.59. The fourth-order valence-corrected chi connectivity index (χ4v) is 0.528. The van der Waals surface area contributed by atoms with Crippen molar-refractivity contribution in [2.75, 3.05) is 0 Å². The van der Waals surface area contributed by atoms with Gasteiger partial charge >= 0.3 is 11.9 Å². The van der Waals surface area contributed by atoms with Gasteiger partial charge in [-0.25, -0.2) is 4.79 Å². The van der Waals surface area contributed by atoms with Crippen molar-refractivity contribution in [3.05, 3.63) is 0 Å².